The maximum Gasteiger partial charge on any atom is 0.0916 e. The van der Waals surface area contributed by atoms with Crippen LogP contribution in [0.15, 0.2) is 24.3 Å². The van der Waals surface area contributed by atoms with E-state index in [9.17, 15) is 5.11 Å². The van der Waals surface area contributed by atoms with Gasteiger partial charge in [0.15, 0.2) is 0 Å². The summed E-state index contributed by atoms with van der Waals surface area (Å²) >= 11 is 0. The van der Waals surface area contributed by atoms with Gasteiger partial charge in [0.1, 0.15) is 0 Å². The summed E-state index contributed by atoms with van der Waals surface area (Å²) in [7, 11) is 2.09. The molecule has 0 bridgehead atoms. The molecule has 1 fully saturated rings. The fraction of sp³-hybridized carbons (Fsp3) is 0.538. The molecule has 1 aromatic carbocycles. The molecule has 0 aliphatic heterocycles. The van der Waals surface area contributed by atoms with Gasteiger partial charge in [-0.1, -0.05) is 18.6 Å². The van der Waals surface area contributed by atoms with Crippen LogP contribution >= 0.6 is 0 Å². The van der Waals surface area contributed by atoms with Crippen molar-refractivity contribution >= 4 is 5.69 Å². The van der Waals surface area contributed by atoms with Gasteiger partial charge in [0.25, 0.3) is 0 Å². The summed E-state index contributed by atoms with van der Waals surface area (Å²) in [4.78, 5) is 2.25. The predicted molar refractivity (Wildman–Crippen MR) is 66.1 cm³/mol. The lowest BCUT2D eigenvalue weighted by molar-refractivity contribution is 0.0777. The number of likely N-dealkylation sites (N-methyl/N-ethyl adjacent to an activating group) is 1. The van der Waals surface area contributed by atoms with Gasteiger partial charge in [0, 0.05) is 18.3 Å². The molecular weight excluding hydrogens is 200 g/mol. The van der Waals surface area contributed by atoms with Crippen molar-refractivity contribution in [3.05, 3.63) is 29.8 Å². The summed E-state index contributed by atoms with van der Waals surface area (Å²) in [6.45, 7) is 0.703. The van der Waals surface area contributed by atoms with E-state index in [1.165, 1.54) is 19.3 Å². The van der Waals surface area contributed by atoms with Crippen molar-refractivity contribution in [1.29, 1.82) is 0 Å². The summed E-state index contributed by atoms with van der Waals surface area (Å²) in [5, 5.41) is 10.1. The molecule has 0 spiro atoms. The zero-order chi connectivity index (χ0) is 11.5. The topological polar surface area (TPSA) is 49.5 Å². The van der Waals surface area contributed by atoms with Gasteiger partial charge in [0.2, 0.25) is 0 Å². The Kier molecular flexibility index (Phi) is 3.46. The number of hydrogen-bond acceptors (Lipinski definition) is 3. The van der Waals surface area contributed by atoms with Gasteiger partial charge in [-0.25, -0.2) is 0 Å². The number of aliphatic hydroxyl groups is 1. The monoisotopic (exact) mass is 220 g/mol. The number of hydrogen-bond donors (Lipinski definition) is 2. The van der Waals surface area contributed by atoms with Crippen LogP contribution in [0.25, 0.3) is 0 Å². The summed E-state index contributed by atoms with van der Waals surface area (Å²) in [5.74, 6) is 0. The first-order valence-corrected chi connectivity index (χ1v) is 5.90. The second-order valence-electron chi connectivity index (χ2n) is 4.71. The zero-order valence-corrected chi connectivity index (χ0v) is 9.76. The Morgan fingerprint density at radius 3 is 2.50 bits per heavy atom. The zero-order valence-electron chi connectivity index (χ0n) is 9.76. The van der Waals surface area contributed by atoms with Crippen LogP contribution in [-0.4, -0.2) is 29.6 Å². The summed E-state index contributed by atoms with van der Waals surface area (Å²) in [6, 6.07) is 8.14. The molecule has 0 radical (unpaired) electrons. The van der Waals surface area contributed by atoms with Crippen LogP contribution in [0.5, 0.6) is 0 Å². The van der Waals surface area contributed by atoms with Gasteiger partial charge in [0.05, 0.1) is 6.10 Å². The number of nitrogens with zero attached hydrogens (tertiary/aromatic N) is 1. The maximum absolute atomic E-state index is 10.1. The van der Waals surface area contributed by atoms with Crippen molar-refractivity contribution in [2.75, 3.05) is 19.3 Å². The molecule has 3 N–H and O–H groups in total. The summed E-state index contributed by atoms with van der Waals surface area (Å²) in [6.07, 6.45) is 3.45. The minimum atomic E-state index is -0.411. The van der Waals surface area contributed by atoms with Crippen molar-refractivity contribution in [2.24, 2.45) is 0 Å². The standard InChI is InChI=1S/C13H20N2O/c1-15(12-3-2-4-12)9-13(16)10-5-7-11(14)8-6-10/h5-8,12-13,16H,2-4,9,14H2,1H3. The van der Waals surface area contributed by atoms with Crippen LogP contribution in [0, 0.1) is 0 Å². The molecule has 16 heavy (non-hydrogen) atoms. The molecule has 2 rings (SSSR count). The number of nitrogens with two attached hydrogens (primary N) is 1. The quantitative estimate of drug-likeness (QED) is 0.761. The van der Waals surface area contributed by atoms with Gasteiger partial charge in [-0.15, -0.1) is 0 Å². The van der Waals surface area contributed by atoms with Crippen LogP contribution < -0.4 is 5.73 Å². The minimum absolute atomic E-state index is 0.411. The van der Waals surface area contributed by atoms with Crippen molar-refractivity contribution < 1.29 is 5.11 Å². The highest BCUT2D eigenvalue weighted by molar-refractivity contribution is 5.39. The van der Waals surface area contributed by atoms with Gasteiger partial charge in [-0.2, -0.15) is 0 Å². The van der Waals surface area contributed by atoms with E-state index in [-0.39, 0.29) is 0 Å². The van der Waals surface area contributed by atoms with Gasteiger partial charge in [-0.3, -0.25) is 0 Å². The number of aliphatic hydroxyl groups excluding tert-OH is 1. The van der Waals surface area contributed by atoms with Crippen molar-refractivity contribution in [3.63, 3.8) is 0 Å². The smallest absolute Gasteiger partial charge is 0.0916 e. The highest BCUT2D eigenvalue weighted by Gasteiger charge is 2.23. The van der Waals surface area contributed by atoms with E-state index in [0.29, 0.717) is 12.6 Å². The Hall–Kier alpha value is -1.06. The number of rotatable bonds is 4. The lowest BCUT2D eigenvalue weighted by Crippen LogP contribution is -2.39. The van der Waals surface area contributed by atoms with Gasteiger partial charge >= 0.3 is 0 Å². The molecule has 0 heterocycles. The third-order valence-electron chi connectivity index (χ3n) is 3.48. The molecule has 1 saturated carbocycles. The number of anilines is 1. The van der Waals surface area contributed by atoms with Crippen LogP contribution in [0.3, 0.4) is 0 Å². The van der Waals surface area contributed by atoms with Gasteiger partial charge in [-0.05, 0) is 37.6 Å². The third kappa shape index (κ3) is 2.54. The molecule has 88 valence electrons. The number of nitrogen functional groups attached to an aromatic ring is 1. The lowest BCUT2D eigenvalue weighted by Gasteiger charge is -2.35. The van der Waals surface area contributed by atoms with Crippen molar-refractivity contribution in [3.8, 4) is 0 Å². The first-order valence-electron chi connectivity index (χ1n) is 5.90. The molecular formula is C13H20N2O. The molecule has 0 saturated heterocycles. The molecule has 1 aromatic rings. The fourth-order valence-electron chi connectivity index (χ4n) is 2.07. The minimum Gasteiger partial charge on any atom is -0.399 e. The highest BCUT2D eigenvalue weighted by atomic mass is 16.3. The Morgan fingerprint density at radius 1 is 1.38 bits per heavy atom. The van der Waals surface area contributed by atoms with E-state index in [0.717, 1.165) is 11.3 Å². The second-order valence-corrected chi connectivity index (χ2v) is 4.71. The molecule has 3 nitrogen and oxygen atoms in total. The maximum atomic E-state index is 10.1. The Bertz CT molecular complexity index is 332. The first kappa shape index (κ1) is 11.4. The Labute approximate surface area is 96.9 Å². The molecule has 0 amide bonds. The highest BCUT2D eigenvalue weighted by Crippen LogP contribution is 2.25. The van der Waals surface area contributed by atoms with Crippen LogP contribution in [0.2, 0.25) is 0 Å². The normalized spacial score (nSPS) is 18.4. The Balaban J connectivity index is 1.91. The molecule has 0 aromatic heterocycles. The second kappa shape index (κ2) is 4.85. The fourth-order valence-corrected chi connectivity index (χ4v) is 2.07. The molecule has 1 aliphatic rings. The average molecular weight is 220 g/mol. The van der Waals surface area contributed by atoms with Crippen LogP contribution in [-0.2, 0) is 0 Å². The number of benzene rings is 1. The predicted octanol–water partition coefficient (Wildman–Crippen LogP) is 1.79. The van der Waals surface area contributed by atoms with Crippen molar-refractivity contribution in [2.45, 2.75) is 31.4 Å². The lowest BCUT2D eigenvalue weighted by atomic mass is 9.91. The average Bonchev–Trinajstić information content (AvgIpc) is 2.15. The molecule has 1 aliphatic carbocycles. The van der Waals surface area contributed by atoms with E-state index in [4.69, 9.17) is 5.73 Å². The molecule has 3 heteroatoms. The van der Waals surface area contributed by atoms with Gasteiger partial charge < -0.3 is 15.7 Å². The van der Waals surface area contributed by atoms with E-state index in [2.05, 4.69) is 11.9 Å². The SMILES string of the molecule is CN(CC(O)c1ccc(N)cc1)C1CCC1. The van der Waals surface area contributed by atoms with E-state index >= 15 is 0 Å². The molecule has 1 unspecified atom stereocenters. The van der Waals surface area contributed by atoms with Crippen molar-refractivity contribution in [1.82, 2.24) is 4.90 Å². The van der Waals surface area contributed by atoms with Crippen LogP contribution in [0.1, 0.15) is 30.9 Å². The summed E-state index contributed by atoms with van der Waals surface area (Å²) in [5.41, 5.74) is 7.30. The molecule has 1 atom stereocenters. The van der Waals surface area contributed by atoms with E-state index < -0.39 is 6.10 Å². The largest absolute Gasteiger partial charge is 0.399 e. The van der Waals surface area contributed by atoms with E-state index in [1.807, 2.05) is 24.3 Å². The third-order valence-corrected chi connectivity index (χ3v) is 3.48. The first-order chi connectivity index (χ1) is 7.66. The van der Waals surface area contributed by atoms with Crippen LogP contribution in [0.4, 0.5) is 5.69 Å². The Morgan fingerprint density at radius 2 is 2.00 bits per heavy atom. The summed E-state index contributed by atoms with van der Waals surface area (Å²) < 4.78 is 0. The van der Waals surface area contributed by atoms with E-state index in [1.54, 1.807) is 0 Å².